The van der Waals surface area contributed by atoms with Crippen molar-refractivity contribution in [3.8, 4) is 5.75 Å². The second kappa shape index (κ2) is 7.62. The Kier molecular flexibility index (Phi) is 6.45. The van der Waals surface area contributed by atoms with Crippen molar-refractivity contribution >= 4 is 11.8 Å². The van der Waals surface area contributed by atoms with Gasteiger partial charge in [0.25, 0.3) is 0 Å². The summed E-state index contributed by atoms with van der Waals surface area (Å²) in [6.45, 7) is 4.09. The average molecular weight is 253 g/mol. The lowest BCUT2D eigenvalue weighted by atomic mass is 10.0. The number of ether oxygens (including phenoxy) is 1. The minimum absolute atomic E-state index is 0.234. The van der Waals surface area contributed by atoms with E-state index in [1.165, 1.54) is 11.3 Å². The van der Waals surface area contributed by atoms with Crippen LogP contribution in [0.5, 0.6) is 5.75 Å². The van der Waals surface area contributed by atoms with Gasteiger partial charge in [0.1, 0.15) is 5.75 Å². The van der Waals surface area contributed by atoms with Gasteiger partial charge in [-0.3, -0.25) is 0 Å². The summed E-state index contributed by atoms with van der Waals surface area (Å²) in [7, 11) is 2.02. The highest BCUT2D eigenvalue weighted by Crippen LogP contribution is 2.21. The van der Waals surface area contributed by atoms with Crippen LogP contribution in [0.2, 0.25) is 0 Å². The lowest BCUT2D eigenvalue weighted by molar-refractivity contribution is 0.242. The first kappa shape index (κ1) is 14.4. The second-order valence-corrected chi connectivity index (χ2v) is 5.34. The van der Waals surface area contributed by atoms with Crippen molar-refractivity contribution in [2.24, 2.45) is 0 Å². The molecule has 1 aromatic rings. The highest BCUT2D eigenvalue weighted by Gasteiger charge is 2.08. The quantitative estimate of drug-likeness (QED) is 0.804. The topological polar surface area (TPSA) is 21.3 Å². The third-order valence-corrected chi connectivity index (χ3v) is 3.26. The molecule has 1 unspecified atom stereocenters. The molecule has 96 valence electrons. The molecule has 0 saturated heterocycles. The van der Waals surface area contributed by atoms with E-state index < -0.39 is 0 Å². The Balaban J connectivity index is 2.64. The number of hydrogen-bond donors (Lipinski definition) is 1. The molecular weight excluding hydrogens is 230 g/mol. The normalized spacial score (nSPS) is 12.8. The molecule has 0 aliphatic rings. The Morgan fingerprint density at radius 3 is 2.35 bits per heavy atom. The number of benzene rings is 1. The fourth-order valence-electron chi connectivity index (χ4n) is 1.76. The first-order valence-corrected chi connectivity index (χ1v) is 7.49. The minimum atomic E-state index is 0.234. The highest BCUT2D eigenvalue weighted by molar-refractivity contribution is 7.98. The number of nitrogens with one attached hydrogen (secondary N) is 1. The van der Waals surface area contributed by atoms with Crippen LogP contribution in [0.25, 0.3) is 0 Å². The van der Waals surface area contributed by atoms with E-state index in [1.54, 1.807) is 0 Å². The molecule has 1 atom stereocenters. The molecule has 1 rings (SSSR count). The molecular formula is C14H23NOS. The molecule has 0 bridgehead atoms. The molecule has 0 radical (unpaired) electrons. The Hall–Kier alpha value is -0.670. The van der Waals surface area contributed by atoms with E-state index in [0.717, 1.165) is 12.2 Å². The summed E-state index contributed by atoms with van der Waals surface area (Å²) in [5, 5.41) is 3.36. The zero-order valence-corrected chi connectivity index (χ0v) is 12.0. The molecule has 3 heteroatoms. The van der Waals surface area contributed by atoms with E-state index in [4.69, 9.17) is 4.74 Å². The van der Waals surface area contributed by atoms with Gasteiger partial charge < -0.3 is 10.1 Å². The van der Waals surface area contributed by atoms with Gasteiger partial charge in [-0.25, -0.2) is 0 Å². The summed E-state index contributed by atoms with van der Waals surface area (Å²) in [6.07, 6.45) is 3.53. The van der Waals surface area contributed by atoms with Gasteiger partial charge in [0, 0.05) is 6.04 Å². The van der Waals surface area contributed by atoms with Gasteiger partial charge in [-0.2, -0.15) is 11.8 Å². The maximum Gasteiger partial charge on any atom is 0.119 e. The van der Waals surface area contributed by atoms with Crippen molar-refractivity contribution in [2.75, 3.05) is 19.1 Å². The summed E-state index contributed by atoms with van der Waals surface area (Å²) in [5.74, 6) is 2.12. The predicted octanol–water partition coefficient (Wildman–Crippen LogP) is 3.49. The number of rotatable bonds is 7. The van der Waals surface area contributed by atoms with E-state index in [-0.39, 0.29) is 6.10 Å². The molecule has 0 spiro atoms. The first-order valence-electron chi connectivity index (χ1n) is 6.10. The second-order valence-electron chi connectivity index (χ2n) is 4.36. The van der Waals surface area contributed by atoms with Crippen molar-refractivity contribution in [3.05, 3.63) is 29.8 Å². The molecule has 0 aliphatic carbocycles. The molecule has 0 aliphatic heterocycles. The first-order chi connectivity index (χ1) is 8.17. The van der Waals surface area contributed by atoms with Gasteiger partial charge in [0.05, 0.1) is 6.10 Å². The van der Waals surface area contributed by atoms with Crippen LogP contribution in [0.3, 0.4) is 0 Å². The summed E-state index contributed by atoms with van der Waals surface area (Å²) < 4.78 is 5.64. The minimum Gasteiger partial charge on any atom is -0.491 e. The summed E-state index contributed by atoms with van der Waals surface area (Å²) in [5.41, 5.74) is 1.33. The highest BCUT2D eigenvalue weighted by atomic mass is 32.2. The van der Waals surface area contributed by atoms with Crippen molar-refractivity contribution in [1.29, 1.82) is 0 Å². The Morgan fingerprint density at radius 1 is 1.24 bits per heavy atom. The lowest BCUT2D eigenvalue weighted by Crippen LogP contribution is -2.17. The van der Waals surface area contributed by atoms with Gasteiger partial charge in [0.15, 0.2) is 0 Å². The molecule has 0 fully saturated rings. The molecule has 1 aromatic carbocycles. The smallest absolute Gasteiger partial charge is 0.119 e. The van der Waals surface area contributed by atoms with E-state index in [1.807, 2.05) is 32.7 Å². The summed E-state index contributed by atoms with van der Waals surface area (Å²) >= 11 is 1.89. The standard InChI is InChI=1S/C14H23NOS/c1-11(2)16-13-7-5-12(6-8-13)14(15-3)9-10-17-4/h5-8,11,14-15H,9-10H2,1-4H3. The maximum absolute atomic E-state index is 5.64. The van der Waals surface area contributed by atoms with Crippen LogP contribution in [0.15, 0.2) is 24.3 Å². The molecule has 0 saturated carbocycles. The van der Waals surface area contributed by atoms with Crippen LogP contribution >= 0.6 is 11.8 Å². The van der Waals surface area contributed by atoms with Gasteiger partial charge >= 0.3 is 0 Å². The van der Waals surface area contributed by atoms with Crippen LogP contribution in [0.1, 0.15) is 31.9 Å². The van der Waals surface area contributed by atoms with Crippen molar-refractivity contribution < 1.29 is 4.74 Å². The van der Waals surface area contributed by atoms with Crippen LogP contribution in [0, 0.1) is 0 Å². The van der Waals surface area contributed by atoms with Crippen molar-refractivity contribution in [1.82, 2.24) is 5.32 Å². The predicted molar refractivity (Wildman–Crippen MR) is 77.0 cm³/mol. The van der Waals surface area contributed by atoms with Crippen LogP contribution in [0.4, 0.5) is 0 Å². The zero-order valence-electron chi connectivity index (χ0n) is 11.2. The molecule has 2 nitrogen and oxygen atoms in total. The maximum atomic E-state index is 5.64. The Labute approximate surface area is 109 Å². The van der Waals surface area contributed by atoms with Gasteiger partial charge in [-0.15, -0.1) is 0 Å². The zero-order chi connectivity index (χ0) is 12.7. The fourth-order valence-corrected chi connectivity index (χ4v) is 2.24. The van der Waals surface area contributed by atoms with E-state index in [2.05, 4.69) is 35.8 Å². The van der Waals surface area contributed by atoms with Gasteiger partial charge in [-0.05, 0) is 57.0 Å². The molecule has 1 N–H and O–H groups in total. The third kappa shape index (κ3) is 5.00. The van der Waals surface area contributed by atoms with E-state index >= 15 is 0 Å². The summed E-state index contributed by atoms with van der Waals surface area (Å²) in [4.78, 5) is 0. The van der Waals surface area contributed by atoms with Gasteiger partial charge in [0.2, 0.25) is 0 Å². The number of hydrogen-bond acceptors (Lipinski definition) is 3. The Morgan fingerprint density at radius 2 is 1.88 bits per heavy atom. The third-order valence-electron chi connectivity index (χ3n) is 2.61. The molecule has 0 amide bonds. The van der Waals surface area contributed by atoms with Crippen molar-refractivity contribution in [3.63, 3.8) is 0 Å². The molecule has 0 heterocycles. The molecule has 0 aromatic heterocycles. The van der Waals surface area contributed by atoms with E-state index in [9.17, 15) is 0 Å². The largest absolute Gasteiger partial charge is 0.491 e. The molecule has 17 heavy (non-hydrogen) atoms. The van der Waals surface area contributed by atoms with Crippen molar-refractivity contribution in [2.45, 2.75) is 32.4 Å². The Bertz CT molecular complexity index is 311. The van der Waals surface area contributed by atoms with Crippen LogP contribution < -0.4 is 10.1 Å². The summed E-state index contributed by atoms with van der Waals surface area (Å²) in [6, 6.07) is 8.85. The average Bonchev–Trinajstić information content (AvgIpc) is 2.31. The van der Waals surface area contributed by atoms with Crippen LogP contribution in [-0.4, -0.2) is 25.2 Å². The number of thioether (sulfide) groups is 1. The monoisotopic (exact) mass is 253 g/mol. The van der Waals surface area contributed by atoms with E-state index in [0.29, 0.717) is 6.04 Å². The lowest BCUT2D eigenvalue weighted by Gasteiger charge is -2.17. The van der Waals surface area contributed by atoms with Crippen LogP contribution in [-0.2, 0) is 0 Å². The fraction of sp³-hybridized carbons (Fsp3) is 0.571. The SMILES string of the molecule is CNC(CCSC)c1ccc(OC(C)C)cc1. The van der Waals surface area contributed by atoms with Gasteiger partial charge in [-0.1, -0.05) is 12.1 Å².